The van der Waals surface area contributed by atoms with Crippen molar-refractivity contribution in [3.63, 3.8) is 0 Å². The Morgan fingerprint density at radius 1 is 0.259 bits per heavy atom. The van der Waals surface area contributed by atoms with Crippen molar-refractivity contribution in [2.75, 3.05) is 0 Å². The lowest BCUT2D eigenvalue weighted by Gasteiger charge is -2.16. The number of nitrogens with zero attached hydrogens (tertiary/aromatic N) is 2. The Hall–Kier alpha value is -7.16. The fourth-order valence-corrected chi connectivity index (χ4v) is 7.82. The van der Waals surface area contributed by atoms with Gasteiger partial charge in [0, 0.05) is 16.7 Å². The molecule has 0 atom stereocenters. The molecule has 0 spiro atoms. The first-order valence-corrected chi connectivity index (χ1v) is 18.4. The molecule has 0 unspecified atom stereocenters. The highest BCUT2D eigenvalue weighted by Gasteiger charge is 2.17. The van der Waals surface area contributed by atoms with Gasteiger partial charge in [0.05, 0.1) is 11.4 Å². The molecule has 0 N–H and O–H groups in total. The minimum atomic E-state index is 0.699. The van der Waals surface area contributed by atoms with Crippen molar-refractivity contribution >= 4 is 32.3 Å². The van der Waals surface area contributed by atoms with Crippen LogP contribution in [0.25, 0.3) is 99.6 Å². The number of rotatable bonds is 6. The van der Waals surface area contributed by atoms with Gasteiger partial charge in [-0.2, -0.15) is 0 Å². The van der Waals surface area contributed by atoms with Gasteiger partial charge in [-0.3, -0.25) is 0 Å². The first-order chi connectivity index (χ1) is 26.8. The largest absolute Gasteiger partial charge is 0.228 e. The van der Waals surface area contributed by atoms with Gasteiger partial charge in [-0.15, -0.1) is 0 Å². The van der Waals surface area contributed by atoms with E-state index in [1.807, 2.05) is 18.2 Å². The molecule has 9 aromatic carbocycles. The first kappa shape index (κ1) is 31.6. The minimum absolute atomic E-state index is 0.699. The molecule has 1 heterocycles. The molecule has 0 saturated carbocycles. The number of hydrogen-bond donors (Lipinski definition) is 0. The van der Waals surface area contributed by atoms with Gasteiger partial charge in [-0.25, -0.2) is 9.97 Å². The zero-order valence-corrected chi connectivity index (χ0v) is 29.5. The number of hydrogen-bond acceptors (Lipinski definition) is 2. The van der Waals surface area contributed by atoms with E-state index in [0.717, 1.165) is 39.2 Å². The molecular weight excluding hydrogens is 653 g/mol. The van der Waals surface area contributed by atoms with Crippen molar-refractivity contribution in [3.8, 4) is 67.3 Å². The summed E-state index contributed by atoms with van der Waals surface area (Å²) in [7, 11) is 0. The average Bonchev–Trinajstić information content (AvgIpc) is 3.26. The summed E-state index contributed by atoms with van der Waals surface area (Å²) in [4.78, 5) is 10.4. The van der Waals surface area contributed by atoms with Gasteiger partial charge in [0.15, 0.2) is 5.82 Å². The van der Waals surface area contributed by atoms with Crippen LogP contribution in [0.15, 0.2) is 206 Å². The monoisotopic (exact) mass is 686 g/mol. The van der Waals surface area contributed by atoms with Gasteiger partial charge in [-0.1, -0.05) is 188 Å². The lowest BCUT2D eigenvalue weighted by atomic mass is 9.89. The van der Waals surface area contributed by atoms with Crippen LogP contribution in [0.2, 0.25) is 0 Å². The van der Waals surface area contributed by atoms with E-state index in [9.17, 15) is 0 Å². The smallest absolute Gasteiger partial charge is 0.160 e. The maximum absolute atomic E-state index is 5.24. The van der Waals surface area contributed by atoms with Gasteiger partial charge >= 0.3 is 0 Å². The van der Waals surface area contributed by atoms with Gasteiger partial charge in [-0.05, 0) is 83.9 Å². The van der Waals surface area contributed by atoms with Gasteiger partial charge in [0.1, 0.15) is 0 Å². The maximum Gasteiger partial charge on any atom is 0.160 e. The van der Waals surface area contributed by atoms with E-state index in [4.69, 9.17) is 9.97 Å². The van der Waals surface area contributed by atoms with Crippen LogP contribution in [0, 0.1) is 0 Å². The summed E-state index contributed by atoms with van der Waals surface area (Å²) in [6.45, 7) is 0. The molecule has 10 aromatic rings. The summed E-state index contributed by atoms with van der Waals surface area (Å²) in [5.41, 5.74) is 11.9. The lowest BCUT2D eigenvalue weighted by molar-refractivity contribution is 1.18. The van der Waals surface area contributed by atoms with E-state index in [-0.39, 0.29) is 0 Å². The fraction of sp³-hybridized carbons (Fsp3) is 0. The molecule has 0 amide bonds. The second kappa shape index (κ2) is 13.4. The highest BCUT2D eigenvalue weighted by molar-refractivity contribution is 6.20. The predicted octanol–water partition coefficient (Wildman–Crippen LogP) is 13.9. The van der Waals surface area contributed by atoms with Crippen LogP contribution in [-0.2, 0) is 0 Å². The van der Waals surface area contributed by atoms with Crippen LogP contribution in [0.3, 0.4) is 0 Å². The molecule has 0 fully saturated rings. The molecule has 0 aliphatic rings. The Balaban J connectivity index is 1.14. The van der Waals surface area contributed by atoms with E-state index < -0.39 is 0 Å². The standard InChI is InChI=1S/C52H34N2/c1-4-14-35(15-5-1)41-29-30-45(47(32-41)36-16-6-2-7-17-36)50-34-49(53-52(54-50)40-19-8-3-9-20-40)38-24-26-39(27-25-38)51-44-23-13-11-21-42(44)33-48-43-22-12-10-18-37(43)28-31-46(48)51/h1-34H. The van der Waals surface area contributed by atoms with Crippen molar-refractivity contribution in [1.82, 2.24) is 9.97 Å². The van der Waals surface area contributed by atoms with E-state index in [1.54, 1.807) is 0 Å². The number of fused-ring (bicyclic) bond motifs is 4. The first-order valence-electron chi connectivity index (χ1n) is 18.4. The van der Waals surface area contributed by atoms with E-state index >= 15 is 0 Å². The Labute approximate surface area is 314 Å². The van der Waals surface area contributed by atoms with Crippen LogP contribution >= 0.6 is 0 Å². The summed E-state index contributed by atoms with van der Waals surface area (Å²) in [6, 6.07) is 73.5. The average molecular weight is 687 g/mol. The molecule has 0 bridgehead atoms. The third kappa shape index (κ3) is 5.71. The van der Waals surface area contributed by atoms with Crippen LogP contribution in [-0.4, -0.2) is 9.97 Å². The highest BCUT2D eigenvalue weighted by Crippen LogP contribution is 2.41. The summed E-state index contributed by atoms with van der Waals surface area (Å²) in [6.07, 6.45) is 0. The number of benzene rings is 9. The molecular formula is C52H34N2. The van der Waals surface area contributed by atoms with E-state index in [1.165, 1.54) is 54.6 Å². The quantitative estimate of drug-likeness (QED) is 0.129. The zero-order chi connectivity index (χ0) is 35.8. The molecule has 10 rings (SSSR count). The summed E-state index contributed by atoms with van der Waals surface area (Å²) < 4.78 is 0. The zero-order valence-electron chi connectivity index (χ0n) is 29.5. The van der Waals surface area contributed by atoms with Crippen LogP contribution < -0.4 is 0 Å². The molecule has 0 radical (unpaired) electrons. The predicted molar refractivity (Wildman–Crippen MR) is 227 cm³/mol. The Morgan fingerprint density at radius 3 is 1.57 bits per heavy atom. The maximum atomic E-state index is 5.24. The van der Waals surface area contributed by atoms with Crippen LogP contribution in [0.5, 0.6) is 0 Å². The molecule has 252 valence electrons. The Bertz CT molecular complexity index is 2950. The van der Waals surface area contributed by atoms with Gasteiger partial charge < -0.3 is 0 Å². The van der Waals surface area contributed by atoms with Crippen molar-refractivity contribution in [2.24, 2.45) is 0 Å². The molecule has 54 heavy (non-hydrogen) atoms. The second-order valence-electron chi connectivity index (χ2n) is 13.8. The van der Waals surface area contributed by atoms with Crippen molar-refractivity contribution < 1.29 is 0 Å². The highest BCUT2D eigenvalue weighted by atomic mass is 14.9. The van der Waals surface area contributed by atoms with Crippen molar-refractivity contribution in [2.45, 2.75) is 0 Å². The Morgan fingerprint density at radius 2 is 0.833 bits per heavy atom. The topological polar surface area (TPSA) is 25.8 Å². The Kier molecular flexibility index (Phi) is 7.85. The lowest BCUT2D eigenvalue weighted by Crippen LogP contribution is -1.97. The summed E-state index contributed by atoms with van der Waals surface area (Å²) in [5.74, 6) is 0.699. The summed E-state index contributed by atoms with van der Waals surface area (Å²) in [5, 5.41) is 7.53. The second-order valence-corrected chi connectivity index (χ2v) is 13.8. The molecule has 0 aliphatic heterocycles. The summed E-state index contributed by atoms with van der Waals surface area (Å²) >= 11 is 0. The number of aromatic nitrogens is 2. The van der Waals surface area contributed by atoms with Crippen molar-refractivity contribution in [1.29, 1.82) is 0 Å². The fourth-order valence-electron chi connectivity index (χ4n) is 7.82. The SMILES string of the molecule is c1ccc(-c2ccc(-c3cc(-c4ccc(-c5c6ccccc6cc6c5ccc5ccccc56)cc4)nc(-c4ccccc4)n3)c(-c3ccccc3)c2)cc1. The molecule has 2 nitrogen and oxygen atoms in total. The van der Waals surface area contributed by atoms with Crippen LogP contribution in [0.4, 0.5) is 0 Å². The normalized spacial score (nSPS) is 11.3. The van der Waals surface area contributed by atoms with E-state index in [2.05, 4.69) is 188 Å². The molecule has 2 heteroatoms. The van der Waals surface area contributed by atoms with Crippen LogP contribution in [0.1, 0.15) is 0 Å². The third-order valence-corrected chi connectivity index (χ3v) is 10.5. The minimum Gasteiger partial charge on any atom is -0.228 e. The third-order valence-electron chi connectivity index (χ3n) is 10.5. The van der Waals surface area contributed by atoms with Gasteiger partial charge in [0.2, 0.25) is 0 Å². The molecule has 1 aromatic heterocycles. The molecule has 0 saturated heterocycles. The van der Waals surface area contributed by atoms with Crippen molar-refractivity contribution in [3.05, 3.63) is 206 Å². The van der Waals surface area contributed by atoms with Gasteiger partial charge in [0.25, 0.3) is 0 Å². The van der Waals surface area contributed by atoms with E-state index in [0.29, 0.717) is 5.82 Å². The molecule has 0 aliphatic carbocycles.